The van der Waals surface area contributed by atoms with Crippen LogP contribution in [0.15, 0.2) is 58.3 Å². The first-order valence-corrected chi connectivity index (χ1v) is 12.8. The maximum absolute atomic E-state index is 13.0. The highest BCUT2D eigenvalue weighted by molar-refractivity contribution is 7.93. The molecule has 0 aromatic heterocycles. The van der Waals surface area contributed by atoms with Gasteiger partial charge >= 0.3 is 0 Å². The summed E-state index contributed by atoms with van der Waals surface area (Å²) in [7, 11) is -6.10. The van der Waals surface area contributed by atoms with Gasteiger partial charge in [-0.15, -0.1) is 0 Å². The number of hydrogen-bond donors (Lipinski definition) is 1. The molecule has 158 valence electrons. The summed E-state index contributed by atoms with van der Waals surface area (Å²) < 4.78 is 57.9. The maximum Gasteiger partial charge on any atom is 0.241 e. The number of nitrogens with zero attached hydrogens (tertiary/aromatic N) is 1. The summed E-state index contributed by atoms with van der Waals surface area (Å²) in [6, 6.07) is 13.1. The number of hydrogen-bond acceptors (Lipinski definition) is 6. The van der Waals surface area contributed by atoms with Crippen molar-refractivity contribution in [3.8, 4) is 5.75 Å². The minimum atomic E-state index is -4.01. The molecule has 0 bridgehead atoms. The van der Waals surface area contributed by atoms with E-state index in [0.717, 1.165) is 37.8 Å². The van der Waals surface area contributed by atoms with Gasteiger partial charge in [0.2, 0.25) is 10.0 Å². The Labute approximate surface area is 172 Å². The van der Waals surface area contributed by atoms with Crippen molar-refractivity contribution < 1.29 is 21.6 Å². The molecule has 1 aliphatic rings. The van der Waals surface area contributed by atoms with Crippen LogP contribution in [0.1, 0.15) is 24.4 Å². The minimum absolute atomic E-state index is 0.133. The van der Waals surface area contributed by atoms with Crippen molar-refractivity contribution >= 4 is 19.9 Å². The van der Waals surface area contributed by atoms with Crippen LogP contribution in [0.25, 0.3) is 0 Å². The van der Waals surface area contributed by atoms with Crippen molar-refractivity contribution in [2.45, 2.75) is 28.7 Å². The van der Waals surface area contributed by atoms with E-state index in [4.69, 9.17) is 4.74 Å². The van der Waals surface area contributed by atoms with Gasteiger partial charge in [0.25, 0.3) is 0 Å². The topological polar surface area (TPSA) is 92.8 Å². The molecule has 0 saturated carbocycles. The smallest absolute Gasteiger partial charge is 0.241 e. The number of sulfonamides is 1. The Hall–Kier alpha value is -1.94. The number of nitrogens with one attached hydrogen (secondary N) is 1. The first-order valence-electron chi connectivity index (χ1n) is 9.39. The van der Waals surface area contributed by atoms with Crippen molar-refractivity contribution in [3.63, 3.8) is 0 Å². The Kier molecular flexibility index (Phi) is 6.62. The summed E-state index contributed by atoms with van der Waals surface area (Å²) in [4.78, 5) is 1.81. The van der Waals surface area contributed by atoms with Crippen LogP contribution in [0, 0.1) is 0 Å². The zero-order valence-corrected chi connectivity index (χ0v) is 18.2. The molecule has 1 N–H and O–H groups in total. The Morgan fingerprint density at radius 3 is 2.28 bits per heavy atom. The highest BCUT2D eigenvalue weighted by atomic mass is 32.2. The van der Waals surface area contributed by atoms with Crippen molar-refractivity contribution in [1.82, 2.24) is 9.62 Å². The molecule has 29 heavy (non-hydrogen) atoms. The van der Waals surface area contributed by atoms with E-state index >= 15 is 0 Å². The van der Waals surface area contributed by atoms with Gasteiger partial charge in [-0.1, -0.05) is 24.3 Å². The zero-order chi connectivity index (χ0) is 21.1. The Balaban J connectivity index is 1.89. The molecule has 1 aliphatic heterocycles. The summed E-state index contributed by atoms with van der Waals surface area (Å²) in [5.41, 5.74) is 0.949. The average molecular weight is 439 g/mol. The van der Waals surface area contributed by atoms with Gasteiger partial charge in [0.15, 0.2) is 9.84 Å². The summed E-state index contributed by atoms with van der Waals surface area (Å²) in [6.07, 6.45) is 3.12. The first-order chi connectivity index (χ1) is 13.7. The molecule has 1 saturated heterocycles. The fourth-order valence-corrected chi connectivity index (χ4v) is 6.27. The minimum Gasteiger partial charge on any atom is -0.497 e. The fraction of sp³-hybridized carbons (Fsp3) is 0.400. The summed E-state index contributed by atoms with van der Waals surface area (Å²) in [6.45, 7) is 1.89. The van der Waals surface area contributed by atoms with E-state index in [9.17, 15) is 16.8 Å². The van der Waals surface area contributed by atoms with Crippen LogP contribution in [0.5, 0.6) is 5.75 Å². The molecule has 2 aromatic rings. The second-order valence-electron chi connectivity index (χ2n) is 7.11. The summed E-state index contributed by atoms with van der Waals surface area (Å²) in [5, 5.41) is 0. The third-order valence-corrected chi connectivity index (χ3v) is 7.83. The van der Waals surface area contributed by atoms with E-state index in [1.807, 2.05) is 24.3 Å². The quantitative estimate of drug-likeness (QED) is 0.679. The third-order valence-electron chi connectivity index (χ3n) is 5.06. The van der Waals surface area contributed by atoms with Crippen LogP contribution in [0.3, 0.4) is 0 Å². The van der Waals surface area contributed by atoms with Crippen LogP contribution in [0.4, 0.5) is 0 Å². The molecule has 2 aromatic carbocycles. The van der Waals surface area contributed by atoms with E-state index in [0.29, 0.717) is 5.75 Å². The number of rotatable bonds is 8. The number of ether oxygens (including phenoxy) is 1. The predicted molar refractivity (Wildman–Crippen MR) is 111 cm³/mol. The van der Waals surface area contributed by atoms with Crippen LogP contribution in [-0.4, -0.2) is 54.7 Å². The maximum atomic E-state index is 13.0. The molecule has 1 atom stereocenters. The van der Waals surface area contributed by atoms with Gasteiger partial charge in [-0.3, -0.25) is 4.90 Å². The molecule has 3 rings (SSSR count). The van der Waals surface area contributed by atoms with Crippen molar-refractivity contribution in [2.75, 3.05) is 33.0 Å². The third kappa shape index (κ3) is 5.16. The average Bonchev–Trinajstić information content (AvgIpc) is 3.22. The van der Waals surface area contributed by atoms with Gasteiger partial charge < -0.3 is 4.74 Å². The standard InChI is InChI=1S/C20H26N2O5S2/c1-27-17-9-7-8-16(14-17)18(22-12-5-6-13-22)15-21-29(25,26)20-11-4-3-10-19(20)28(2,23)24/h3-4,7-11,14,18,21H,5-6,12-13,15H2,1-2H3. The molecule has 1 fully saturated rings. The lowest BCUT2D eigenvalue weighted by Crippen LogP contribution is -2.37. The molecule has 1 heterocycles. The second-order valence-corrected chi connectivity index (χ2v) is 10.8. The largest absolute Gasteiger partial charge is 0.497 e. The molecule has 0 spiro atoms. The lowest BCUT2D eigenvalue weighted by Gasteiger charge is -2.28. The molecular weight excluding hydrogens is 412 g/mol. The zero-order valence-electron chi connectivity index (χ0n) is 16.5. The van der Waals surface area contributed by atoms with E-state index in [1.165, 1.54) is 24.3 Å². The van der Waals surface area contributed by atoms with Gasteiger partial charge in [-0.05, 0) is 55.8 Å². The van der Waals surface area contributed by atoms with Crippen molar-refractivity contribution in [3.05, 3.63) is 54.1 Å². The molecule has 7 nitrogen and oxygen atoms in total. The fourth-order valence-electron chi connectivity index (χ4n) is 3.60. The molecule has 0 amide bonds. The monoisotopic (exact) mass is 438 g/mol. The number of benzene rings is 2. The Bertz CT molecular complexity index is 1060. The van der Waals surface area contributed by atoms with Crippen LogP contribution >= 0.6 is 0 Å². The Morgan fingerprint density at radius 1 is 1.00 bits per heavy atom. The van der Waals surface area contributed by atoms with Crippen LogP contribution in [-0.2, 0) is 19.9 Å². The van der Waals surface area contributed by atoms with E-state index < -0.39 is 19.9 Å². The molecule has 9 heteroatoms. The lowest BCUT2D eigenvalue weighted by molar-refractivity contribution is 0.246. The highest BCUT2D eigenvalue weighted by Crippen LogP contribution is 2.28. The predicted octanol–water partition coefficient (Wildman–Crippen LogP) is 2.21. The highest BCUT2D eigenvalue weighted by Gasteiger charge is 2.28. The molecular formula is C20H26N2O5S2. The number of sulfone groups is 1. The molecule has 0 aliphatic carbocycles. The number of methoxy groups -OCH3 is 1. The van der Waals surface area contributed by atoms with E-state index in [-0.39, 0.29) is 22.4 Å². The number of likely N-dealkylation sites (tertiary alicyclic amines) is 1. The normalized spacial score (nSPS) is 16.6. The Morgan fingerprint density at radius 2 is 1.66 bits per heavy atom. The first kappa shape index (κ1) is 21.8. The lowest BCUT2D eigenvalue weighted by atomic mass is 10.1. The van der Waals surface area contributed by atoms with Gasteiger partial charge in [0.1, 0.15) is 10.6 Å². The van der Waals surface area contributed by atoms with Crippen LogP contribution < -0.4 is 9.46 Å². The molecule has 1 unspecified atom stereocenters. The van der Waals surface area contributed by atoms with Crippen molar-refractivity contribution in [2.24, 2.45) is 0 Å². The van der Waals surface area contributed by atoms with E-state index in [2.05, 4.69) is 9.62 Å². The van der Waals surface area contributed by atoms with Crippen molar-refractivity contribution in [1.29, 1.82) is 0 Å². The second kappa shape index (κ2) is 8.83. The SMILES string of the molecule is COc1cccc(C(CNS(=O)(=O)c2ccccc2S(C)(=O)=O)N2CCCC2)c1. The van der Waals surface area contributed by atoms with Gasteiger partial charge in [-0.25, -0.2) is 21.6 Å². The summed E-state index contributed by atoms with van der Waals surface area (Å²) >= 11 is 0. The van der Waals surface area contributed by atoms with E-state index in [1.54, 1.807) is 7.11 Å². The van der Waals surface area contributed by atoms with Gasteiger partial charge in [-0.2, -0.15) is 0 Å². The molecule has 0 radical (unpaired) electrons. The van der Waals surface area contributed by atoms with Gasteiger partial charge in [0.05, 0.1) is 12.0 Å². The summed E-state index contributed by atoms with van der Waals surface area (Å²) in [5.74, 6) is 0.706. The van der Waals surface area contributed by atoms with Gasteiger partial charge in [0, 0.05) is 18.8 Å². The van der Waals surface area contributed by atoms with Crippen LogP contribution in [0.2, 0.25) is 0 Å².